The maximum absolute atomic E-state index is 6.14. The molecule has 0 saturated carbocycles. The molecular weight excluding hydrogens is 300 g/mol. The Morgan fingerprint density at radius 1 is 0.826 bits per heavy atom. The molecule has 1 fully saturated rings. The van der Waals surface area contributed by atoms with Gasteiger partial charge in [0.05, 0.1) is 6.10 Å². The highest BCUT2D eigenvalue weighted by atomic mass is 32.2. The largest absolute Gasteiger partial charge is 0.372 e. The molecule has 1 aliphatic rings. The van der Waals surface area contributed by atoms with E-state index in [0.29, 0.717) is 5.25 Å². The van der Waals surface area contributed by atoms with Crippen LogP contribution < -0.4 is 0 Å². The minimum Gasteiger partial charge on any atom is -0.372 e. The molecule has 23 heavy (non-hydrogen) atoms. The third-order valence-corrected chi connectivity index (χ3v) is 5.82. The van der Waals surface area contributed by atoms with E-state index < -0.39 is 0 Å². The molecule has 0 spiro atoms. The smallest absolute Gasteiger partial charge is 0.0946 e. The van der Waals surface area contributed by atoms with E-state index in [1.165, 1.54) is 27.7 Å². The fraction of sp³-hybridized carbons (Fsp3) is 0.238. The second kappa shape index (κ2) is 6.77. The lowest BCUT2D eigenvalue weighted by Crippen LogP contribution is -2.24. The molecule has 4 rings (SSSR count). The van der Waals surface area contributed by atoms with Crippen molar-refractivity contribution in [3.63, 3.8) is 0 Å². The summed E-state index contributed by atoms with van der Waals surface area (Å²) in [5.41, 5.74) is 1.30. The molecule has 1 saturated heterocycles. The third kappa shape index (κ3) is 3.15. The lowest BCUT2D eigenvalue weighted by Gasteiger charge is -2.32. The Hall–Kier alpha value is -1.77. The second-order valence-electron chi connectivity index (χ2n) is 5.98. The van der Waals surface area contributed by atoms with Gasteiger partial charge in [0.25, 0.3) is 0 Å². The molecule has 1 nitrogen and oxygen atoms in total. The summed E-state index contributed by atoms with van der Waals surface area (Å²) in [6.45, 7) is 0.867. The Kier molecular flexibility index (Phi) is 4.36. The van der Waals surface area contributed by atoms with E-state index in [-0.39, 0.29) is 6.10 Å². The van der Waals surface area contributed by atoms with Crippen molar-refractivity contribution >= 4 is 22.5 Å². The van der Waals surface area contributed by atoms with Crippen LogP contribution in [0.4, 0.5) is 0 Å². The Balaban J connectivity index is 1.65. The van der Waals surface area contributed by atoms with Gasteiger partial charge >= 0.3 is 0 Å². The van der Waals surface area contributed by atoms with Crippen molar-refractivity contribution in [1.29, 1.82) is 0 Å². The molecule has 0 N–H and O–H groups in total. The maximum Gasteiger partial charge on any atom is 0.0946 e. The molecule has 0 unspecified atom stereocenters. The molecule has 2 atom stereocenters. The predicted octanol–water partition coefficient (Wildman–Crippen LogP) is 5.85. The van der Waals surface area contributed by atoms with Crippen molar-refractivity contribution in [3.05, 3.63) is 78.4 Å². The summed E-state index contributed by atoms with van der Waals surface area (Å²) >= 11 is 1.97. The summed E-state index contributed by atoms with van der Waals surface area (Å²) in [5, 5.41) is 3.12. The van der Waals surface area contributed by atoms with Gasteiger partial charge in [0.1, 0.15) is 0 Å². The van der Waals surface area contributed by atoms with E-state index in [1.54, 1.807) is 0 Å². The highest BCUT2D eigenvalue weighted by Gasteiger charge is 2.28. The van der Waals surface area contributed by atoms with Crippen molar-refractivity contribution in [1.82, 2.24) is 0 Å². The quantitative estimate of drug-likeness (QED) is 0.598. The molecule has 0 radical (unpaired) electrons. The first-order valence-corrected chi connectivity index (χ1v) is 9.11. The van der Waals surface area contributed by atoms with E-state index in [0.717, 1.165) is 13.0 Å². The number of fused-ring (bicyclic) bond motifs is 1. The minimum atomic E-state index is 0.189. The van der Waals surface area contributed by atoms with Gasteiger partial charge in [-0.25, -0.2) is 0 Å². The van der Waals surface area contributed by atoms with Crippen molar-refractivity contribution in [3.8, 4) is 0 Å². The van der Waals surface area contributed by atoms with Gasteiger partial charge in [-0.05, 0) is 35.2 Å². The molecule has 2 heteroatoms. The van der Waals surface area contributed by atoms with Crippen LogP contribution in [0.5, 0.6) is 0 Å². The zero-order chi connectivity index (χ0) is 15.5. The van der Waals surface area contributed by atoms with Crippen LogP contribution in [-0.2, 0) is 4.74 Å². The van der Waals surface area contributed by atoms with Crippen LogP contribution in [-0.4, -0.2) is 11.9 Å². The van der Waals surface area contributed by atoms with Crippen molar-refractivity contribution < 1.29 is 4.74 Å². The fourth-order valence-electron chi connectivity index (χ4n) is 3.29. The third-order valence-electron chi connectivity index (χ3n) is 4.42. The Morgan fingerprint density at radius 3 is 2.52 bits per heavy atom. The Labute approximate surface area is 141 Å². The highest BCUT2D eigenvalue weighted by Crippen LogP contribution is 2.41. The summed E-state index contributed by atoms with van der Waals surface area (Å²) in [6, 6.07) is 25.9. The minimum absolute atomic E-state index is 0.189. The number of benzene rings is 3. The molecule has 0 aliphatic carbocycles. The van der Waals surface area contributed by atoms with Gasteiger partial charge in [0.15, 0.2) is 0 Å². The monoisotopic (exact) mass is 320 g/mol. The lowest BCUT2D eigenvalue weighted by molar-refractivity contribution is 0.0202. The van der Waals surface area contributed by atoms with Gasteiger partial charge in [0.2, 0.25) is 0 Å². The van der Waals surface area contributed by atoms with E-state index in [4.69, 9.17) is 4.74 Å². The van der Waals surface area contributed by atoms with Gasteiger partial charge < -0.3 is 4.74 Å². The maximum atomic E-state index is 6.14. The number of hydrogen-bond donors (Lipinski definition) is 0. The molecular formula is C21H20OS. The van der Waals surface area contributed by atoms with Gasteiger partial charge in [-0.1, -0.05) is 66.7 Å². The Morgan fingerprint density at radius 2 is 1.61 bits per heavy atom. The van der Waals surface area contributed by atoms with E-state index in [9.17, 15) is 0 Å². The Bertz CT molecular complexity index is 779. The standard InChI is InChI=1S/C21H20OS/c1-2-9-17(10-3-1)21-20(14-7-15-22-21)23-19-13-6-11-16-8-4-5-12-18(16)19/h1-6,8-13,20-21H,7,14-15H2/t20-,21+/m0/s1. The normalized spacial score (nSPS) is 21.4. The van der Waals surface area contributed by atoms with Crippen molar-refractivity contribution in [2.45, 2.75) is 29.1 Å². The summed E-state index contributed by atoms with van der Waals surface area (Å²) in [4.78, 5) is 1.36. The molecule has 116 valence electrons. The molecule has 0 amide bonds. The topological polar surface area (TPSA) is 9.23 Å². The summed E-state index contributed by atoms with van der Waals surface area (Å²) < 4.78 is 6.14. The fourth-order valence-corrected chi connectivity index (χ4v) is 4.73. The van der Waals surface area contributed by atoms with Crippen LogP contribution in [0.1, 0.15) is 24.5 Å². The predicted molar refractivity (Wildman–Crippen MR) is 98.0 cm³/mol. The van der Waals surface area contributed by atoms with E-state index in [1.807, 2.05) is 11.8 Å². The number of thioether (sulfide) groups is 1. The second-order valence-corrected chi connectivity index (χ2v) is 7.26. The van der Waals surface area contributed by atoms with Crippen LogP contribution >= 0.6 is 11.8 Å². The van der Waals surface area contributed by atoms with Gasteiger partial charge in [-0.3, -0.25) is 0 Å². The van der Waals surface area contributed by atoms with E-state index >= 15 is 0 Å². The van der Waals surface area contributed by atoms with E-state index in [2.05, 4.69) is 72.8 Å². The average molecular weight is 320 g/mol. The van der Waals surface area contributed by atoms with Gasteiger partial charge in [-0.2, -0.15) is 0 Å². The zero-order valence-corrected chi connectivity index (χ0v) is 13.8. The molecule has 0 bridgehead atoms. The highest BCUT2D eigenvalue weighted by molar-refractivity contribution is 8.00. The van der Waals surface area contributed by atoms with Crippen LogP contribution in [0.25, 0.3) is 10.8 Å². The van der Waals surface area contributed by atoms with Crippen LogP contribution in [0.3, 0.4) is 0 Å². The van der Waals surface area contributed by atoms with Gasteiger partial charge in [0, 0.05) is 16.8 Å². The average Bonchev–Trinajstić information content (AvgIpc) is 2.63. The first-order chi connectivity index (χ1) is 11.4. The molecule has 1 aliphatic heterocycles. The summed E-state index contributed by atoms with van der Waals surface area (Å²) in [5.74, 6) is 0. The van der Waals surface area contributed by atoms with Gasteiger partial charge in [-0.15, -0.1) is 11.8 Å². The molecule has 3 aromatic carbocycles. The zero-order valence-electron chi connectivity index (χ0n) is 13.0. The SMILES string of the molecule is c1ccc([C@H]2OCCC[C@@H]2Sc2cccc3ccccc23)cc1. The summed E-state index contributed by atoms with van der Waals surface area (Å²) in [6.07, 6.45) is 2.54. The first kappa shape index (κ1) is 14.8. The number of ether oxygens (including phenoxy) is 1. The summed E-state index contributed by atoms with van der Waals surface area (Å²) in [7, 11) is 0. The first-order valence-electron chi connectivity index (χ1n) is 8.23. The van der Waals surface area contributed by atoms with Crippen molar-refractivity contribution in [2.75, 3.05) is 6.61 Å². The molecule has 1 heterocycles. The van der Waals surface area contributed by atoms with Crippen LogP contribution in [0.2, 0.25) is 0 Å². The number of rotatable bonds is 3. The van der Waals surface area contributed by atoms with Crippen molar-refractivity contribution in [2.24, 2.45) is 0 Å². The van der Waals surface area contributed by atoms with Crippen LogP contribution in [0.15, 0.2) is 77.7 Å². The lowest BCUT2D eigenvalue weighted by atomic mass is 10.0. The molecule has 3 aromatic rings. The molecule has 0 aromatic heterocycles. The van der Waals surface area contributed by atoms with Crippen LogP contribution in [0, 0.1) is 0 Å². The number of hydrogen-bond acceptors (Lipinski definition) is 2.